The first-order valence-corrected chi connectivity index (χ1v) is 6.09. The van der Waals surface area contributed by atoms with Crippen LogP contribution in [-0.4, -0.2) is 18.0 Å². The van der Waals surface area contributed by atoms with Crippen molar-refractivity contribution in [3.63, 3.8) is 0 Å². The molecule has 2 fully saturated rings. The summed E-state index contributed by atoms with van der Waals surface area (Å²) in [5.41, 5.74) is 5.98. The molecular weight excluding hydrogens is 188 g/mol. The van der Waals surface area contributed by atoms with Gasteiger partial charge in [-0.1, -0.05) is 6.42 Å². The molecule has 2 saturated carbocycles. The van der Waals surface area contributed by atoms with Crippen LogP contribution in [0.3, 0.4) is 0 Å². The molecule has 2 rings (SSSR count). The Labute approximate surface area is 91.8 Å². The van der Waals surface area contributed by atoms with Crippen LogP contribution in [0.5, 0.6) is 0 Å². The topological polar surface area (TPSA) is 55.1 Å². The molecule has 0 atom stereocenters. The maximum absolute atomic E-state index is 11.9. The fraction of sp³-hybridized carbons (Fsp3) is 0.917. The fourth-order valence-corrected chi connectivity index (χ4v) is 2.68. The van der Waals surface area contributed by atoms with Crippen molar-refractivity contribution in [3.8, 4) is 0 Å². The molecule has 86 valence electrons. The zero-order valence-corrected chi connectivity index (χ0v) is 9.64. The van der Waals surface area contributed by atoms with Crippen molar-refractivity contribution >= 4 is 5.91 Å². The van der Waals surface area contributed by atoms with Crippen LogP contribution >= 0.6 is 0 Å². The number of carbonyl (C=O) groups is 1. The third-order valence-electron chi connectivity index (χ3n) is 4.28. The molecule has 3 heteroatoms. The molecule has 0 aromatic rings. The molecule has 0 radical (unpaired) electrons. The summed E-state index contributed by atoms with van der Waals surface area (Å²) in [5, 5.41) is 3.16. The minimum atomic E-state index is 0.0939. The molecule has 0 aromatic heterocycles. The fourth-order valence-electron chi connectivity index (χ4n) is 2.68. The largest absolute Gasteiger partial charge is 0.351 e. The first kappa shape index (κ1) is 10.9. The van der Waals surface area contributed by atoms with E-state index < -0.39 is 0 Å². The molecule has 3 nitrogen and oxygen atoms in total. The second-order valence-electron chi connectivity index (χ2n) is 5.70. The Kier molecular flexibility index (Phi) is 2.75. The molecule has 0 spiro atoms. The van der Waals surface area contributed by atoms with Gasteiger partial charge in [0.2, 0.25) is 5.91 Å². The van der Waals surface area contributed by atoms with Crippen LogP contribution < -0.4 is 11.1 Å². The Morgan fingerprint density at radius 1 is 1.27 bits per heavy atom. The molecule has 3 N–H and O–H groups in total. The maximum atomic E-state index is 11.9. The summed E-state index contributed by atoms with van der Waals surface area (Å²) in [7, 11) is 0. The Morgan fingerprint density at radius 3 is 2.20 bits per heavy atom. The number of carbonyl (C=O) groups excluding carboxylic acids is 1. The molecule has 0 bridgehead atoms. The van der Waals surface area contributed by atoms with Gasteiger partial charge in [0.1, 0.15) is 0 Å². The Hall–Kier alpha value is -0.570. The highest BCUT2D eigenvalue weighted by Gasteiger charge is 2.40. The minimum absolute atomic E-state index is 0.0939. The summed E-state index contributed by atoms with van der Waals surface area (Å²) < 4.78 is 0. The van der Waals surface area contributed by atoms with E-state index in [1.165, 1.54) is 12.8 Å². The van der Waals surface area contributed by atoms with Crippen molar-refractivity contribution in [2.24, 2.45) is 11.1 Å². The van der Waals surface area contributed by atoms with Crippen molar-refractivity contribution in [1.29, 1.82) is 0 Å². The van der Waals surface area contributed by atoms with Crippen LogP contribution in [0.25, 0.3) is 0 Å². The van der Waals surface area contributed by atoms with Gasteiger partial charge in [0, 0.05) is 12.0 Å². The van der Waals surface area contributed by atoms with E-state index in [0.29, 0.717) is 13.0 Å². The summed E-state index contributed by atoms with van der Waals surface area (Å²) in [6.45, 7) is 2.81. The molecule has 0 unspecified atom stereocenters. The van der Waals surface area contributed by atoms with Crippen molar-refractivity contribution in [2.45, 2.75) is 57.4 Å². The van der Waals surface area contributed by atoms with Gasteiger partial charge in [-0.3, -0.25) is 4.79 Å². The summed E-state index contributed by atoms with van der Waals surface area (Å²) in [4.78, 5) is 11.9. The second-order valence-corrected chi connectivity index (χ2v) is 5.70. The molecule has 15 heavy (non-hydrogen) atoms. The number of nitrogens with two attached hydrogens (primary N) is 1. The van der Waals surface area contributed by atoms with Crippen LogP contribution in [0.15, 0.2) is 0 Å². The van der Waals surface area contributed by atoms with Crippen molar-refractivity contribution in [3.05, 3.63) is 0 Å². The smallest absolute Gasteiger partial charge is 0.221 e. The van der Waals surface area contributed by atoms with Crippen LogP contribution in [0.2, 0.25) is 0 Å². The average molecular weight is 210 g/mol. The van der Waals surface area contributed by atoms with Crippen LogP contribution in [0.4, 0.5) is 0 Å². The minimum Gasteiger partial charge on any atom is -0.351 e. The lowest BCUT2D eigenvalue weighted by atomic mass is 9.66. The predicted molar refractivity (Wildman–Crippen MR) is 60.4 cm³/mol. The zero-order chi connectivity index (χ0) is 10.9. The monoisotopic (exact) mass is 210 g/mol. The summed E-state index contributed by atoms with van der Waals surface area (Å²) in [6, 6.07) is 0. The lowest BCUT2D eigenvalue weighted by molar-refractivity contribution is -0.127. The van der Waals surface area contributed by atoms with E-state index in [-0.39, 0.29) is 16.9 Å². The highest BCUT2D eigenvalue weighted by molar-refractivity contribution is 5.77. The van der Waals surface area contributed by atoms with Gasteiger partial charge < -0.3 is 11.1 Å². The number of nitrogens with one attached hydrogen (secondary N) is 1. The molecule has 0 aliphatic heterocycles. The van der Waals surface area contributed by atoms with Crippen molar-refractivity contribution < 1.29 is 4.79 Å². The molecule has 2 aliphatic carbocycles. The molecular formula is C12H22N2O. The first-order valence-electron chi connectivity index (χ1n) is 6.09. The summed E-state index contributed by atoms with van der Waals surface area (Å²) >= 11 is 0. The van der Waals surface area contributed by atoms with Crippen LogP contribution in [0, 0.1) is 5.41 Å². The highest BCUT2D eigenvalue weighted by Crippen LogP contribution is 2.43. The normalized spacial score (nSPS) is 26.3. The quantitative estimate of drug-likeness (QED) is 0.740. The lowest BCUT2D eigenvalue weighted by Gasteiger charge is -2.43. The number of hydrogen-bond donors (Lipinski definition) is 2. The van der Waals surface area contributed by atoms with Gasteiger partial charge in [-0.25, -0.2) is 0 Å². The van der Waals surface area contributed by atoms with E-state index in [9.17, 15) is 4.79 Å². The van der Waals surface area contributed by atoms with E-state index in [0.717, 1.165) is 25.7 Å². The number of amides is 1. The second kappa shape index (κ2) is 3.78. The SMILES string of the molecule is CC1(NC(=O)CC2(CN)CCC2)CCC1. The predicted octanol–water partition coefficient (Wildman–Crippen LogP) is 1.56. The van der Waals surface area contributed by atoms with E-state index in [4.69, 9.17) is 5.73 Å². The maximum Gasteiger partial charge on any atom is 0.221 e. The van der Waals surface area contributed by atoms with Gasteiger partial charge >= 0.3 is 0 Å². The van der Waals surface area contributed by atoms with Gasteiger partial charge in [0.25, 0.3) is 0 Å². The van der Waals surface area contributed by atoms with Crippen molar-refractivity contribution in [2.75, 3.05) is 6.54 Å². The first-order chi connectivity index (χ1) is 7.08. The standard InChI is InChI=1S/C12H22N2O/c1-11(4-2-5-11)14-10(15)8-12(9-13)6-3-7-12/h2-9,13H2,1H3,(H,14,15). The molecule has 0 heterocycles. The Bertz CT molecular complexity index is 249. The third-order valence-corrected chi connectivity index (χ3v) is 4.28. The molecule has 1 amide bonds. The zero-order valence-electron chi connectivity index (χ0n) is 9.64. The van der Waals surface area contributed by atoms with Gasteiger partial charge in [-0.15, -0.1) is 0 Å². The van der Waals surface area contributed by atoms with E-state index >= 15 is 0 Å². The average Bonchev–Trinajstić information content (AvgIpc) is 2.09. The van der Waals surface area contributed by atoms with Gasteiger partial charge in [-0.05, 0) is 51.0 Å². The molecule has 0 aromatic carbocycles. The lowest BCUT2D eigenvalue weighted by Crippen LogP contribution is -2.53. The van der Waals surface area contributed by atoms with E-state index in [1.807, 2.05) is 0 Å². The number of hydrogen-bond acceptors (Lipinski definition) is 2. The Morgan fingerprint density at radius 2 is 1.87 bits per heavy atom. The van der Waals surface area contributed by atoms with Crippen molar-refractivity contribution in [1.82, 2.24) is 5.32 Å². The third kappa shape index (κ3) is 2.17. The van der Waals surface area contributed by atoms with Gasteiger partial charge in [0.05, 0.1) is 0 Å². The summed E-state index contributed by atoms with van der Waals surface area (Å²) in [6.07, 6.45) is 7.66. The highest BCUT2D eigenvalue weighted by atomic mass is 16.1. The number of rotatable bonds is 4. The van der Waals surface area contributed by atoms with Gasteiger partial charge in [-0.2, -0.15) is 0 Å². The van der Waals surface area contributed by atoms with E-state index in [1.54, 1.807) is 0 Å². The molecule has 2 aliphatic rings. The molecule has 0 saturated heterocycles. The van der Waals surface area contributed by atoms with Crippen LogP contribution in [-0.2, 0) is 4.79 Å². The summed E-state index contributed by atoms with van der Waals surface area (Å²) in [5.74, 6) is 0.211. The Balaban J connectivity index is 1.81. The van der Waals surface area contributed by atoms with Gasteiger partial charge in [0.15, 0.2) is 0 Å². The van der Waals surface area contributed by atoms with E-state index in [2.05, 4.69) is 12.2 Å². The van der Waals surface area contributed by atoms with Crippen LogP contribution in [0.1, 0.15) is 51.9 Å².